The summed E-state index contributed by atoms with van der Waals surface area (Å²) in [6, 6.07) is 93.1. The van der Waals surface area contributed by atoms with E-state index < -0.39 is 0 Å². The molecule has 350 valence electrons. The zero-order valence-electron chi connectivity index (χ0n) is 42.2. The van der Waals surface area contributed by atoms with Crippen molar-refractivity contribution in [2.45, 2.75) is 40.0 Å². The van der Waals surface area contributed by atoms with Crippen LogP contribution in [-0.2, 0) is 5.41 Å². The molecule has 1 aliphatic rings. The van der Waals surface area contributed by atoms with Crippen LogP contribution in [0, 0.1) is 20.8 Å². The van der Waals surface area contributed by atoms with Crippen LogP contribution in [0.1, 0.15) is 41.7 Å². The maximum absolute atomic E-state index is 2.51. The molecule has 1 heterocycles. The monoisotopic (exact) mass is 935 g/mol. The highest BCUT2D eigenvalue weighted by Gasteiger charge is 2.36. The molecule has 11 aromatic carbocycles. The Balaban J connectivity index is 0.000000239. The van der Waals surface area contributed by atoms with Gasteiger partial charge in [0.2, 0.25) is 0 Å². The minimum absolute atomic E-state index is 0.110. The van der Waals surface area contributed by atoms with E-state index >= 15 is 0 Å². The number of nitrogens with zero attached hydrogens (tertiary/aromatic N) is 1. The Kier molecular flexibility index (Phi) is 11.7. The molecule has 13 rings (SSSR count). The lowest BCUT2D eigenvalue weighted by Crippen LogP contribution is -2.14. The second-order valence-electron chi connectivity index (χ2n) is 20.3. The van der Waals surface area contributed by atoms with Crippen molar-refractivity contribution in [2.24, 2.45) is 0 Å². The Bertz CT molecular complexity index is 3870. The fraction of sp³-hybridized carbons (Fsp3) is 0.0833. The molecular formula is C72H57N. The maximum Gasteiger partial charge on any atom is 0.0544 e. The Hall–Kier alpha value is -8.78. The zero-order valence-corrected chi connectivity index (χ0v) is 42.2. The standard InChI is InChI=1S/C53H41N.C19H16/c1-34-15-11-12-20-43(34)45-30-38(24-23-35(45)2)39-25-26-51-47(31-39)48-32-46-44-21-13-14-22-49(44)53(3,4)50(46)33-52(48)54(51)42-28-40(36-16-7-5-8-17-36)27-41(29-42)37-18-9-6-10-19-37;1-15-12-18(16-8-4-2-5-9-16)14-19(13-15)17-10-6-3-7-11-17/h5-33H,1-4H3;2-14H,1H3. The lowest BCUT2D eigenvalue weighted by Gasteiger charge is -2.22. The molecule has 0 saturated carbocycles. The summed E-state index contributed by atoms with van der Waals surface area (Å²) in [5, 5.41) is 2.53. The smallest absolute Gasteiger partial charge is 0.0544 e. The summed E-state index contributed by atoms with van der Waals surface area (Å²) in [5.41, 5.74) is 27.8. The molecule has 0 fully saturated rings. The summed E-state index contributed by atoms with van der Waals surface area (Å²) >= 11 is 0. The average molecular weight is 936 g/mol. The fourth-order valence-electron chi connectivity index (χ4n) is 11.4. The highest BCUT2D eigenvalue weighted by Crippen LogP contribution is 2.51. The van der Waals surface area contributed by atoms with Crippen molar-refractivity contribution < 1.29 is 0 Å². The van der Waals surface area contributed by atoms with E-state index in [1.807, 2.05) is 0 Å². The van der Waals surface area contributed by atoms with E-state index in [0.29, 0.717) is 0 Å². The largest absolute Gasteiger partial charge is 0.309 e. The SMILES string of the molecule is Cc1cc(-c2ccccc2)cc(-c2ccccc2)c1.Cc1ccccc1-c1cc(-c2ccc3c(c2)c2cc4c(cc2n3-c2cc(-c3ccccc3)cc(-c3ccccc3)c2)C(C)(C)c2ccccc2-4)ccc1C. The molecule has 0 atom stereocenters. The molecule has 12 aromatic rings. The van der Waals surface area contributed by atoms with Crippen molar-refractivity contribution in [3.05, 3.63) is 283 Å². The van der Waals surface area contributed by atoms with Crippen LogP contribution >= 0.6 is 0 Å². The molecule has 73 heavy (non-hydrogen) atoms. The quantitative estimate of drug-likeness (QED) is 0.150. The van der Waals surface area contributed by atoms with Crippen molar-refractivity contribution in [1.29, 1.82) is 0 Å². The Labute approximate surface area is 430 Å². The lowest BCUT2D eigenvalue weighted by atomic mass is 9.82. The number of aryl methyl sites for hydroxylation is 3. The Morgan fingerprint density at radius 2 is 0.726 bits per heavy atom. The van der Waals surface area contributed by atoms with E-state index in [1.54, 1.807) is 0 Å². The normalized spacial score (nSPS) is 12.3. The number of aromatic nitrogens is 1. The van der Waals surface area contributed by atoms with Gasteiger partial charge in [-0.3, -0.25) is 0 Å². The fourth-order valence-corrected chi connectivity index (χ4v) is 11.4. The highest BCUT2D eigenvalue weighted by molar-refractivity contribution is 6.13. The van der Waals surface area contributed by atoms with Crippen LogP contribution in [0.3, 0.4) is 0 Å². The van der Waals surface area contributed by atoms with Gasteiger partial charge in [0.25, 0.3) is 0 Å². The first-order valence-electron chi connectivity index (χ1n) is 25.6. The summed E-state index contributed by atoms with van der Waals surface area (Å²) in [4.78, 5) is 0. The first kappa shape index (κ1) is 45.4. The van der Waals surface area contributed by atoms with E-state index in [1.165, 1.54) is 128 Å². The summed E-state index contributed by atoms with van der Waals surface area (Å²) < 4.78 is 2.51. The van der Waals surface area contributed by atoms with Crippen LogP contribution in [0.4, 0.5) is 0 Å². The van der Waals surface area contributed by atoms with Gasteiger partial charge in [0.15, 0.2) is 0 Å². The third-order valence-electron chi connectivity index (χ3n) is 15.2. The molecular weight excluding hydrogens is 879 g/mol. The molecule has 1 nitrogen and oxygen atoms in total. The summed E-state index contributed by atoms with van der Waals surface area (Å²) in [6.45, 7) is 11.3. The van der Waals surface area contributed by atoms with E-state index in [9.17, 15) is 0 Å². The summed E-state index contributed by atoms with van der Waals surface area (Å²) in [6.07, 6.45) is 0. The number of fused-ring (bicyclic) bond motifs is 6. The van der Waals surface area contributed by atoms with Gasteiger partial charge in [-0.15, -0.1) is 0 Å². The molecule has 1 aromatic heterocycles. The molecule has 1 aliphatic carbocycles. The molecule has 0 N–H and O–H groups in total. The van der Waals surface area contributed by atoms with Gasteiger partial charge in [-0.05, 0) is 181 Å². The number of rotatable bonds is 7. The highest BCUT2D eigenvalue weighted by atomic mass is 15.0. The molecule has 0 radical (unpaired) electrons. The van der Waals surface area contributed by atoms with E-state index in [4.69, 9.17) is 0 Å². The van der Waals surface area contributed by atoms with Gasteiger partial charge in [0.1, 0.15) is 0 Å². The van der Waals surface area contributed by atoms with Gasteiger partial charge in [-0.2, -0.15) is 0 Å². The second-order valence-corrected chi connectivity index (χ2v) is 20.3. The van der Waals surface area contributed by atoms with Crippen molar-refractivity contribution in [1.82, 2.24) is 4.57 Å². The van der Waals surface area contributed by atoms with Gasteiger partial charge < -0.3 is 4.57 Å². The van der Waals surface area contributed by atoms with Crippen LogP contribution < -0.4 is 0 Å². The second kappa shape index (κ2) is 18.8. The summed E-state index contributed by atoms with van der Waals surface area (Å²) in [7, 11) is 0. The van der Waals surface area contributed by atoms with Crippen molar-refractivity contribution in [3.8, 4) is 83.6 Å². The van der Waals surface area contributed by atoms with E-state index in [0.717, 1.165) is 5.69 Å². The zero-order chi connectivity index (χ0) is 49.6. The predicted octanol–water partition coefficient (Wildman–Crippen LogP) is 19.7. The molecule has 0 unspecified atom stereocenters. The third kappa shape index (κ3) is 8.47. The van der Waals surface area contributed by atoms with Crippen molar-refractivity contribution in [2.75, 3.05) is 0 Å². The van der Waals surface area contributed by atoms with Gasteiger partial charge in [0, 0.05) is 21.9 Å². The molecule has 1 heteroatoms. The first-order chi connectivity index (χ1) is 35.7. The predicted molar refractivity (Wildman–Crippen MR) is 312 cm³/mol. The first-order valence-corrected chi connectivity index (χ1v) is 25.6. The van der Waals surface area contributed by atoms with Crippen LogP contribution in [-0.4, -0.2) is 4.57 Å². The minimum atomic E-state index is -0.110. The van der Waals surface area contributed by atoms with Crippen LogP contribution in [0.2, 0.25) is 0 Å². The molecule has 0 aliphatic heterocycles. The third-order valence-corrected chi connectivity index (χ3v) is 15.2. The topological polar surface area (TPSA) is 4.93 Å². The van der Waals surface area contributed by atoms with Gasteiger partial charge in [-0.25, -0.2) is 0 Å². The van der Waals surface area contributed by atoms with E-state index in [-0.39, 0.29) is 5.41 Å². The van der Waals surface area contributed by atoms with Crippen molar-refractivity contribution in [3.63, 3.8) is 0 Å². The van der Waals surface area contributed by atoms with Crippen molar-refractivity contribution >= 4 is 21.8 Å². The number of benzene rings is 11. The minimum Gasteiger partial charge on any atom is -0.309 e. The maximum atomic E-state index is 2.51. The molecule has 0 saturated heterocycles. The van der Waals surface area contributed by atoms with Gasteiger partial charge >= 0.3 is 0 Å². The Morgan fingerprint density at radius 1 is 0.274 bits per heavy atom. The van der Waals surface area contributed by atoms with E-state index in [2.05, 4.69) is 294 Å². The lowest BCUT2D eigenvalue weighted by molar-refractivity contribution is 0.661. The van der Waals surface area contributed by atoms with Gasteiger partial charge in [-0.1, -0.05) is 214 Å². The number of hydrogen-bond acceptors (Lipinski definition) is 0. The van der Waals surface area contributed by atoms with Gasteiger partial charge in [0.05, 0.1) is 11.0 Å². The molecule has 0 bridgehead atoms. The van der Waals surface area contributed by atoms with Crippen LogP contribution in [0.15, 0.2) is 255 Å². The molecule has 0 amide bonds. The Morgan fingerprint density at radius 3 is 1.29 bits per heavy atom. The molecule has 0 spiro atoms. The summed E-state index contributed by atoms with van der Waals surface area (Å²) in [5.74, 6) is 0. The van der Waals surface area contributed by atoms with Crippen LogP contribution in [0.5, 0.6) is 0 Å². The van der Waals surface area contributed by atoms with Crippen LogP contribution in [0.25, 0.3) is 105 Å². The number of hydrogen-bond donors (Lipinski definition) is 0. The average Bonchev–Trinajstić information content (AvgIpc) is 3.88.